The number of benzene rings is 9. The van der Waals surface area contributed by atoms with Gasteiger partial charge in [0.25, 0.3) is 0 Å². The van der Waals surface area contributed by atoms with Crippen LogP contribution in [0.15, 0.2) is 206 Å². The SMILES string of the molecule is c1ccc(-c2cc(-c3ccccc3)cc(-n3c4ccccc4c4c(-c5cccc6c5-c5ccccc5C6c5ccc6ccccc6c5)cccc43)c2)cc1. The number of hydrogen-bond donors (Lipinski definition) is 0. The van der Waals surface area contributed by atoms with Crippen molar-refractivity contribution >= 4 is 32.6 Å². The van der Waals surface area contributed by atoms with Crippen LogP contribution in [0.5, 0.6) is 0 Å². The molecule has 0 bridgehead atoms. The molecular formula is C53H35N. The highest BCUT2D eigenvalue weighted by Crippen LogP contribution is 2.53. The molecule has 1 unspecified atom stereocenters. The van der Waals surface area contributed by atoms with Crippen molar-refractivity contribution in [2.45, 2.75) is 5.92 Å². The van der Waals surface area contributed by atoms with Gasteiger partial charge in [-0.3, -0.25) is 0 Å². The quantitative estimate of drug-likeness (QED) is 0.170. The second-order valence-electron chi connectivity index (χ2n) is 14.4. The van der Waals surface area contributed by atoms with Crippen LogP contribution in [0.2, 0.25) is 0 Å². The molecule has 1 heteroatoms. The van der Waals surface area contributed by atoms with Gasteiger partial charge in [-0.1, -0.05) is 176 Å². The van der Waals surface area contributed by atoms with E-state index in [4.69, 9.17) is 0 Å². The van der Waals surface area contributed by atoms with Crippen molar-refractivity contribution in [2.75, 3.05) is 0 Å². The van der Waals surface area contributed by atoms with Gasteiger partial charge in [0.15, 0.2) is 0 Å². The number of nitrogens with zero attached hydrogens (tertiary/aromatic N) is 1. The van der Waals surface area contributed by atoms with Gasteiger partial charge in [0.2, 0.25) is 0 Å². The van der Waals surface area contributed by atoms with Crippen LogP contribution in [0.25, 0.3) is 82.8 Å². The standard InChI is InChI=1S/C53H35N/c1-3-15-35(16-4-1)40-32-41(36-17-5-2-6-18-36)34-42(33-40)54-49-27-12-11-23-47(49)53-46(25-14-28-50(53)54)45-24-13-26-48-51(43-21-9-10-22-44(43)52(45)48)39-30-29-37-19-7-8-20-38(37)31-39/h1-34,51H. The van der Waals surface area contributed by atoms with Gasteiger partial charge in [-0.2, -0.15) is 0 Å². The van der Waals surface area contributed by atoms with Crippen LogP contribution in [-0.4, -0.2) is 4.57 Å². The van der Waals surface area contributed by atoms with Crippen LogP contribution >= 0.6 is 0 Å². The van der Waals surface area contributed by atoms with E-state index in [0.29, 0.717) is 0 Å². The minimum absolute atomic E-state index is 0.165. The number of fused-ring (bicyclic) bond motifs is 7. The fraction of sp³-hybridized carbons (Fsp3) is 0.0189. The molecule has 0 fully saturated rings. The van der Waals surface area contributed by atoms with Crippen molar-refractivity contribution in [1.82, 2.24) is 4.57 Å². The fourth-order valence-electron chi connectivity index (χ4n) is 9.08. The Morgan fingerprint density at radius 3 is 1.74 bits per heavy atom. The summed E-state index contributed by atoms with van der Waals surface area (Å²) < 4.78 is 2.47. The van der Waals surface area contributed by atoms with Crippen molar-refractivity contribution in [3.63, 3.8) is 0 Å². The first-order valence-corrected chi connectivity index (χ1v) is 18.8. The Kier molecular flexibility index (Phi) is 7.00. The van der Waals surface area contributed by atoms with Crippen molar-refractivity contribution in [1.29, 1.82) is 0 Å². The Hall–Kier alpha value is -6.96. The topological polar surface area (TPSA) is 4.93 Å². The second-order valence-corrected chi connectivity index (χ2v) is 14.4. The molecule has 1 aromatic heterocycles. The van der Waals surface area contributed by atoms with Gasteiger partial charge in [0.05, 0.1) is 11.0 Å². The molecule has 54 heavy (non-hydrogen) atoms. The smallest absolute Gasteiger partial charge is 0.0547 e. The molecule has 0 saturated heterocycles. The molecule has 1 nitrogen and oxygen atoms in total. The van der Waals surface area contributed by atoms with E-state index in [1.54, 1.807) is 0 Å². The van der Waals surface area contributed by atoms with Crippen LogP contribution in [-0.2, 0) is 0 Å². The zero-order valence-corrected chi connectivity index (χ0v) is 29.7. The Morgan fingerprint density at radius 2 is 0.944 bits per heavy atom. The fourth-order valence-corrected chi connectivity index (χ4v) is 9.08. The Labute approximate surface area is 315 Å². The predicted molar refractivity (Wildman–Crippen MR) is 227 cm³/mol. The van der Waals surface area contributed by atoms with Gasteiger partial charge in [0, 0.05) is 22.4 Å². The average molecular weight is 686 g/mol. The number of aromatic nitrogens is 1. The lowest BCUT2D eigenvalue weighted by Gasteiger charge is -2.16. The lowest BCUT2D eigenvalue weighted by molar-refractivity contribution is 1.02. The molecule has 1 aliphatic rings. The van der Waals surface area contributed by atoms with Crippen molar-refractivity contribution in [3.8, 4) is 50.2 Å². The molecule has 11 rings (SSSR count). The van der Waals surface area contributed by atoms with E-state index in [1.807, 2.05) is 0 Å². The third-order valence-electron chi connectivity index (χ3n) is 11.4. The number of rotatable bonds is 5. The zero-order valence-electron chi connectivity index (χ0n) is 29.7. The monoisotopic (exact) mass is 685 g/mol. The third-order valence-corrected chi connectivity index (χ3v) is 11.4. The molecule has 0 N–H and O–H groups in total. The normalized spacial score (nSPS) is 13.4. The highest BCUT2D eigenvalue weighted by atomic mass is 15.0. The molecule has 1 atom stereocenters. The van der Waals surface area contributed by atoms with Crippen LogP contribution in [0.1, 0.15) is 22.6 Å². The Bertz CT molecular complexity index is 2980. The molecule has 1 heterocycles. The molecule has 0 radical (unpaired) electrons. The molecular weight excluding hydrogens is 651 g/mol. The van der Waals surface area contributed by atoms with Crippen LogP contribution in [0.3, 0.4) is 0 Å². The average Bonchev–Trinajstić information content (AvgIpc) is 3.77. The van der Waals surface area contributed by atoms with E-state index in [1.165, 1.54) is 93.8 Å². The minimum atomic E-state index is 0.165. The summed E-state index contributed by atoms with van der Waals surface area (Å²) >= 11 is 0. The van der Waals surface area contributed by atoms with Gasteiger partial charge in [0.1, 0.15) is 0 Å². The van der Waals surface area contributed by atoms with Crippen LogP contribution in [0, 0.1) is 0 Å². The highest BCUT2D eigenvalue weighted by Gasteiger charge is 2.32. The van der Waals surface area contributed by atoms with Crippen molar-refractivity contribution in [2.24, 2.45) is 0 Å². The molecule has 0 saturated carbocycles. The number of hydrogen-bond acceptors (Lipinski definition) is 0. The van der Waals surface area contributed by atoms with Gasteiger partial charge in [-0.05, 0) is 102 Å². The van der Waals surface area contributed by atoms with E-state index in [-0.39, 0.29) is 5.92 Å². The first-order valence-electron chi connectivity index (χ1n) is 18.8. The summed E-state index contributed by atoms with van der Waals surface area (Å²) in [6.45, 7) is 0. The minimum Gasteiger partial charge on any atom is -0.309 e. The Morgan fingerprint density at radius 1 is 0.352 bits per heavy atom. The maximum absolute atomic E-state index is 2.47. The number of para-hydroxylation sites is 1. The summed E-state index contributed by atoms with van der Waals surface area (Å²) in [5.41, 5.74) is 17.6. The first-order chi connectivity index (χ1) is 26.8. The maximum atomic E-state index is 2.47. The van der Waals surface area contributed by atoms with Crippen LogP contribution < -0.4 is 0 Å². The maximum Gasteiger partial charge on any atom is 0.0547 e. The van der Waals surface area contributed by atoms with Crippen molar-refractivity contribution < 1.29 is 0 Å². The molecule has 10 aromatic rings. The second kappa shape index (κ2) is 12.3. The molecule has 1 aliphatic carbocycles. The Balaban J connectivity index is 1.16. The van der Waals surface area contributed by atoms with E-state index >= 15 is 0 Å². The zero-order chi connectivity index (χ0) is 35.6. The largest absolute Gasteiger partial charge is 0.309 e. The van der Waals surface area contributed by atoms with Crippen LogP contribution in [0.4, 0.5) is 0 Å². The molecule has 0 amide bonds. The van der Waals surface area contributed by atoms with Gasteiger partial charge in [-0.15, -0.1) is 0 Å². The highest BCUT2D eigenvalue weighted by molar-refractivity contribution is 6.17. The molecule has 0 spiro atoms. The molecule has 252 valence electrons. The van der Waals surface area contributed by atoms with Gasteiger partial charge < -0.3 is 4.57 Å². The predicted octanol–water partition coefficient (Wildman–Crippen LogP) is 14.1. The summed E-state index contributed by atoms with van der Waals surface area (Å²) in [6.07, 6.45) is 0. The third kappa shape index (κ3) is 4.79. The van der Waals surface area contributed by atoms with E-state index in [9.17, 15) is 0 Å². The lowest BCUT2D eigenvalue weighted by atomic mass is 9.87. The first kappa shape index (κ1) is 30.6. The van der Waals surface area contributed by atoms with Gasteiger partial charge in [-0.25, -0.2) is 0 Å². The summed E-state index contributed by atoms with van der Waals surface area (Å²) in [4.78, 5) is 0. The van der Waals surface area contributed by atoms with Gasteiger partial charge >= 0.3 is 0 Å². The summed E-state index contributed by atoms with van der Waals surface area (Å²) in [5, 5.41) is 5.08. The summed E-state index contributed by atoms with van der Waals surface area (Å²) in [7, 11) is 0. The van der Waals surface area contributed by atoms with E-state index < -0.39 is 0 Å². The summed E-state index contributed by atoms with van der Waals surface area (Å²) in [6, 6.07) is 76.0. The molecule has 0 aliphatic heterocycles. The lowest BCUT2D eigenvalue weighted by Crippen LogP contribution is -1.99. The van der Waals surface area contributed by atoms with E-state index in [2.05, 4.69) is 211 Å². The summed E-state index contributed by atoms with van der Waals surface area (Å²) in [5.74, 6) is 0.165. The molecule has 9 aromatic carbocycles. The van der Waals surface area contributed by atoms with E-state index in [0.717, 1.165) is 5.69 Å². The van der Waals surface area contributed by atoms with Crippen molar-refractivity contribution in [3.05, 3.63) is 223 Å².